The van der Waals surface area contributed by atoms with Crippen LogP contribution in [0.25, 0.3) is 0 Å². The molecule has 1 atom stereocenters. The third-order valence-corrected chi connectivity index (χ3v) is 2.81. The first-order chi connectivity index (χ1) is 8.20. The summed E-state index contributed by atoms with van der Waals surface area (Å²) >= 11 is 0. The highest BCUT2D eigenvalue weighted by molar-refractivity contribution is 5.75. The van der Waals surface area contributed by atoms with Crippen LogP contribution >= 0.6 is 0 Å². The molecule has 4 nitrogen and oxygen atoms in total. The predicted molar refractivity (Wildman–Crippen MR) is 72.9 cm³/mol. The molecule has 102 valence electrons. The zero-order valence-corrected chi connectivity index (χ0v) is 11.4. The minimum Gasteiger partial charge on any atom is -0.355 e. The molecule has 0 fully saturated rings. The number of nitrogens with one attached hydrogen (secondary N) is 2. The van der Waals surface area contributed by atoms with E-state index in [0.29, 0.717) is 25.6 Å². The van der Waals surface area contributed by atoms with Crippen molar-refractivity contribution in [2.45, 2.75) is 58.4 Å². The van der Waals surface area contributed by atoms with Crippen LogP contribution in [0.5, 0.6) is 0 Å². The molecule has 0 saturated heterocycles. The van der Waals surface area contributed by atoms with E-state index in [1.807, 2.05) is 0 Å². The Morgan fingerprint density at radius 3 is 2.59 bits per heavy atom. The van der Waals surface area contributed by atoms with Gasteiger partial charge in [0.05, 0.1) is 0 Å². The monoisotopic (exact) mass is 243 g/mol. The summed E-state index contributed by atoms with van der Waals surface area (Å²) in [5.41, 5.74) is 5.30. The Balaban J connectivity index is 3.20. The molecule has 17 heavy (non-hydrogen) atoms. The molecule has 0 aromatic carbocycles. The first-order valence-corrected chi connectivity index (χ1v) is 6.90. The van der Waals surface area contributed by atoms with Crippen LogP contribution in [0.15, 0.2) is 0 Å². The SMILES string of the molecule is CCNC(C)CCCCCCC(=O)NCCN. The van der Waals surface area contributed by atoms with Crippen molar-refractivity contribution in [1.82, 2.24) is 10.6 Å². The topological polar surface area (TPSA) is 67.2 Å². The van der Waals surface area contributed by atoms with Crippen molar-refractivity contribution in [2.24, 2.45) is 5.73 Å². The Kier molecular flexibility index (Phi) is 11.4. The lowest BCUT2D eigenvalue weighted by molar-refractivity contribution is -0.121. The van der Waals surface area contributed by atoms with E-state index in [9.17, 15) is 4.79 Å². The molecule has 0 aliphatic heterocycles. The quantitative estimate of drug-likeness (QED) is 0.481. The van der Waals surface area contributed by atoms with E-state index < -0.39 is 0 Å². The first-order valence-electron chi connectivity index (χ1n) is 6.90. The number of hydrogen-bond acceptors (Lipinski definition) is 3. The second-order valence-corrected chi connectivity index (χ2v) is 4.55. The number of unbranched alkanes of at least 4 members (excludes halogenated alkanes) is 3. The highest BCUT2D eigenvalue weighted by Crippen LogP contribution is 2.07. The fraction of sp³-hybridized carbons (Fsp3) is 0.923. The van der Waals surface area contributed by atoms with E-state index in [4.69, 9.17) is 5.73 Å². The number of nitrogens with two attached hydrogens (primary N) is 1. The van der Waals surface area contributed by atoms with Crippen LogP contribution in [0, 0.1) is 0 Å². The molecule has 0 aromatic heterocycles. The van der Waals surface area contributed by atoms with E-state index in [0.717, 1.165) is 19.4 Å². The molecule has 4 N–H and O–H groups in total. The summed E-state index contributed by atoms with van der Waals surface area (Å²) in [4.78, 5) is 11.3. The van der Waals surface area contributed by atoms with Gasteiger partial charge in [-0.15, -0.1) is 0 Å². The lowest BCUT2D eigenvalue weighted by Crippen LogP contribution is -2.28. The molecule has 0 rings (SSSR count). The Labute approximate surface area is 106 Å². The fourth-order valence-electron chi connectivity index (χ4n) is 1.84. The summed E-state index contributed by atoms with van der Waals surface area (Å²) in [6, 6.07) is 0.618. The number of carbonyl (C=O) groups is 1. The zero-order chi connectivity index (χ0) is 12.9. The standard InChI is InChI=1S/C13H29N3O/c1-3-15-12(2)8-6-4-5-7-9-13(17)16-11-10-14/h12,15H,3-11,14H2,1-2H3,(H,16,17). The molecule has 0 bridgehead atoms. The average Bonchev–Trinajstić information content (AvgIpc) is 2.31. The Hall–Kier alpha value is -0.610. The van der Waals surface area contributed by atoms with Crippen molar-refractivity contribution in [1.29, 1.82) is 0 Å². The van der Waals surface area contributed by atoms with E-state index in [1.165, 1.54) is 19.3 Å². The van der Waals surface area contributed by atoms with Gasteiger partial charge >= 0.3 is 0 Å². The molecule has 1 amide bonds. The van der Waals surface area contributed by atoms with Crippen molar-refractivity contribution in [3.8, 4) is 0 Å². The molecule has 0 spiro atoms. The summed E-state index contributed by atoms with van der Waals surface area (Å²) < 4.78 is 0. The molecule has 0 aliphatic rings. The van der Waals surface area contributed by atoms with Gasteiger partial charge in [0, 0.05) is 25.6 Å². The Morgan fingerprint density at radius 1 is 1.24 bits per heavy atom. The Morgan fingerprint density at radius 2 is 1.94 bits per heavy atom. The maximum atomic E-state index is 11.3. The van der Waals surface area contributed by atoms with Crippen molar-refractivity contribution in [3.63, 3.8) is 0 Å². The van der Waals surface area contributed by atoms with Crippen LogP contribution in [-0.2, 0) is 4.79 Å². The minimum absolute atomic E-state index is 0.136. The van der Waals surface area contributed by atoms with Crippen LogP contribution in [0.1, 0.15) is 52.4 Å². The molecule has 1 unspecified atom stereocenters. The number of amides is 1. The van der Waals surface area contributed by atoms with E-state index in [-0.39, 0.29) is 5.91 Å². The van der Waals surface area contributed by atoms with Gasteiger partial charge in [0.2, 0.25) is 5.91 Å². The van der Waals surface area contributed by atoms with Crippen molar-refractivity contribution in [2.75, 3.05) is 19.6 Å². The average molecular weight is 243 g/mol. The summed E-state index contributed by atoms with van der Waals surface area (Å²) in [5, 5.41) is 6.19. The summed E-state index contributed by atoms with van der Waals surface area (Å²) in [6.07, 6.45) is 6.48. The Bertz CT molecular complexity index is 186. The van der Waals surface area contributed by atoms with Crippen molar-refractivity contribution in [3.05, 3.63) is 0 Å². The van der Waals surface area contributed by atoms with E-state index >= 15 is 0 Å². The molecule has 0 aromatic rings. The maximum Gasteiger partial charge on any atom is 0.220 e. The van der Waals surface area contributed by atoms with E-state index in [1.54, 1.807) is 0 Å². The van der Waals surface area contributed by atoms with Gasteiger partial charge in [-0.25, -0.2) is 0 Å². The van der Waals surface area contributed by atoms with Crippen molar-refractivity contribution < 1.29 is 4.79 Å². The highest BCUT2D eigenvalue weighted by Gasteiger charge is 2.01. The largest absolute Gasteiger partial charge is 0.355 e. The number of carbonyl (C=O) groups excluding carboxylic acids is 1. The normalized spacial score (nSPS) is 12.4. The van der Waals surface area contributed by atoms with Gasteiger partial charge in [-0.3, -0.25) is 4.79 Å². The van der Waals surface area contributed by atoms with Crippen molar-refractivity contribution >= 4 is 5.91 Å². The third kappa shape index (κ3) is 11.6. The molecule has 0 radical (unpaired) electrons. The van der Waals surface area contributed by atoms with Crippen LogP contribution in [0.3, 0.4) is 0 Å². The second kappa shape index (κ2) is 11.9. The fourth-order valence-corrected chi connectivity index (χ4v) is 1.84. The van der Waals surface area contributed by atoms with Crippen LogP contribution < -0.4 is 16.4 Å². The summed E-state index contributed by atoms with van der Waals surface area (Å²) in [7, 11) is 0. The highest BCUT2D eigenvalue weighted by atomic mass is 16.1. The van der Waals surface area contributed by atoms with Crippen LogP contribution in [0.4, 0.5) is 0 Å². The van der Waals surface area contributed by atoms with Gasteiger partial charge in [0.25, 0.3) is 0 Å². The molecule has 0 saturated carbocycles. The minimum atomic E-state index is 0.136. The predicted octanol–water partition coefficient (Wildman–Crippen LogP) is 1.40. The second-order valence-electron chi connectivity index (χ2n) is 4.55. The van der Waals surface area contributed by atoms with Gasteiger partial charge in [-0.1, -0.05) is 26.2 Å². The van der Waals surface area contributed by atoms with Gasteiger partial charge in [0.15, 0.2) is 0 Å². The van der Waals surface area contributed by atoms with Gasteiger partial charge < -0.3 is 16.4 Å². The summed E-state index contributed by atoms with van der Waals surface area (Å²) in [5.74, 6) is 0.136. The first kappa shape index (κ1) is 16.4. The van der Waals surface area contributed by atoms with Gasteiger partial charge in [-0.2, -0.15) is 0 Å². The number of rotatable bonds is 11. The number of hydrogen-bond donors (Lipinski definition) is 3. The van der Waals surface area contributed by atoms with Gasteiger partial charge in [-0.05, 0) is 26.3 Å². The summed E-state index contributed by atoms with van der Waals surface area (Å²) in [6.45, 7) is 6.52. The van der Waals surface area contributed by atoms with Crippen LogP contribution in [0.2, 0.25) is 0 Å². The molecule has 4 heteroatoms. The van der Waals surface area contributed by atoms with Gasteiger partial charge in [0.1, 0.15) is 0 Å². The third-order valence-electron chi connectivity index (χ3n) is 2.81. The molecular formula is C13H29N3O. The molecule has 0 aliphatic carbocycles. The zero-order valence-electron chi connectivity index (χ0n) is 11.4. The van der Waals surface area contributed by atoms with E-state index in [2.05, 4.69) is 24.5 Å². The maximum absolute atomic E-state index is 11.3. The molecule has 0 heterocycles. The lowest BCUT2D eigenvalue weighted by atomic mass is 10.1. The lowest BCUT2D eigenvalue weighted by Gasteiger charge is -2.11. The smallest absolute Gasteiger partial charge is 0.220 e. The van der Waals surface area contributed by atoms with Crippen LogP contribution in [-0.4, -0.2) is 31.6 Å². The molecular weight excluding hydrogens is 214 g/mol.